The summed E-state index contributed by atoms with van der Waals surface area (Å²) in [6, 6.07) is -0.406. The van der Waals surface area contributed by atoms with Crippen LogP contribution in [0.15, 0.2) is 12.7 Å². The SMILES string of the molecule is C=CCC(N)C(=O)N1CCC(C(C)(C)C)C1. The Hall–Kier alpha value is -0.830. The van der Waals surface area contributed by atoms with Gasteiger partial charge in [0.05, 0.1) is 6.04 Å². The molecule has 0 aromatic heterocycles. The molecule has 1 fully saturated rings. The highest BCUT2D eigenvalue weighted by molar-refractivity contribution is 5.82. The molecule has 1 saturated heterocycles. The van der Waals surface area contributed by atoms with Crippen LogP contribution < -0.4 is 5.73 Å². The molecule has 0 aromatic carbocycles. The predicted octanol–water partition coefficient (Wildman–Crippen LogP) is 1.78. The summed E-state index contributed by atoms with van der Waals surface area (Å²) in [4.78, 5) is 13.9. The van der Waals surface area contributed by atoms with Gasteiger partial charge in [0.15, 0.2) is 0 Å². The summed E-state index contributed by atoms with van der Waals surface area (Å²) < 4.78 is 0. The minimum absolute atomic E-state index is 0.0756. The Morgan fingerprint density at radius 1 is 1.62 bits per heavy atom. The van der Waals surface area contributed by atoms with Gasteiger partial charge in [-0.1, -0.05) is 26.8 Å². The van der Waals surface area contributed by atoms with Gasteiger partial charge in [-0.25, -0.2) is 0 Å². The van der Waals surface area contributed by atoms with Gasteiger partial charge in [0.1, 0.15) is 0 Å². The number of nitrogens with two attached hydrogens (primary N) is 1. The molecule has 0 spiro atoms. The molecule has 2 N–H and O–H groups in total. The Bertz CT molecular complexity index is 268. The number of nitrogens with zero attached hydrogens (tertiary/aromatic N) is 1. The van der Waals surface area contributed by atoms with Gasteiger partial charge in [-0.05, 0) is 24.2 Å². The maximum Gasteiger partial charge on any atom is 0.239 e. The molecule has 16 heavy (non-hydrogen) atoms. The predicted molar refractivity (Wildman–Crippen MR) is 66.9 cm³/mol. The van der Waals surface area contributed by atoms with Crippen LogP contribution in [-0.4, -0.2) is 29.9 Å². The zero-order valence-corrected chi connectivity index (χ0v) is 10.7. The van der Waals surface area contributed by atoms with E-state index >= 15 is 0 Å². The van der Waals surface area contributed by atoms with E-state index in [4.69, 9.17) is 5.73 Å². The monoisotopic (exact) mass is 224 g/mol. The standard InChI is InChI=1S/C13H24N2O/c1-5-6-11(14)12(16)15-8-7-10(9-15)13(2,3)4/h5,10-11H,1,6-9,14H2,2-4H3. The highest BCUT2D eigenvalue weighted by Crippen LogP contribution is 2.33. The summed E-state index contributed by atoms with van der Waals surface area (Å²) in [5, 5.41) is 0. The van der Waals surface area contributed by atoms with Gasteiger partial charge in [-0.3, -0.25) is 4.79 Å². The van der Waals surface area contributed by atoms with Gasteiger partial charge < -0.3 is 10.6 Å². The lowest BCUT2D eigenvalue weighted by atomic mass is 9.80. The first-order valence-corrected chi connectivity index (χ1v) is 6.01. The molecule has 1 heterocycles. The topological polar surface area (TPSA) is 46.3 Å². The van der Waals surface area contributed by atoms with Gasteiger partial charge in [0, 0.05) is 13.1 Å². The Morgan fingerprint density at radius 3 is 2.69 bits per heavy atom. The molecular formula is C13H24N2O. The number of rotatable bonds is 3. The Balaban J connectivity index is 2.53. The second-order valence-corrected chi connectivity index (χ2v) is 5.77. The van der Waals surface area contributed by atoms with Crippen molar-refractivity contribution >= 4 is 5.91 Å². The number of likely N-dealkylation sites (tertiary alicyclic amines) is 1. The first-order chi connectivity index (χ1) is 7.36. The van der Waals surface area contributed by atoms with Crippen molar-refractivity contribution in [1.82, 2.24) is 4.90 Å². The molecule has 1 aliphatic rings. The maximum absolute atomic E-state index is 12.0. The molecular weight excluding hydrogens is 200 g/mol. The molecule has 2 unspecified atom stereocenters. The zero-order valence-electron chi connectivity index (χ0n) is 10.7. The van der Waals surface area contributed by atoms with Crippen LogP contribution in [0.3, 0.4) is 0 Å². The van der Waals surface area contributed by atoms with Crippen molar-refractivity contribution in [2.75, 3.05) is 13.1 Å². The molecule has 0 saturated carbocycles. The molecule has 0 radical (unpaired) electrons. The van der Waals surface area contributed by atoms with Crippen molar-refractivity contribution in [1.29, 1.82) is 0 Å². The third kappa shape index (κ3) is 3.08. The fourth-order valence-electron chi connectivity index (χ4n) is 2.18. The third-order valence-electron chi connectivity index (χ3n) is 3.46. The van der Waals surface area contributed by atoms with E-state index in [9.17, 15) is 4.79 Å². The van der Waals surface area contributed by atoms with Crippen molar-refractivity contribution in [2.45, 2.75) is 39.7 Å². The first-order valence-electron chi connectivity index (χ1n) is 6.01. The summed E-state index contributed by atoms with van der Waals surface area (Å²) in [6.07, 6.45) is 3.37. The molecule has 92 valence electrons. The average molecular weight is 224 g/mol. The van der Waals surface area contributed by atoms with E-state index in [1.54, 1.807) is 6.08 Å². The van der Waals surface area contributed by atoms with Crippen LogP contribution >= 0.6 is 0 Å². The minimum atomic E-state index is -0.406. The number of carbonyl (C=O) groups excluding carboxylic acids is 1. The van der Waals surface area contributed by atoms with Crippen LogP contribution in [-0.2, 0) is 4.79 Å². The molecule has 0 bridgehead atoms. The number of hydrogen-bond donors (Lipinski definition) is 1. The van der Waals surface area contributed by atoms with Crippen molar-refractivity contribution in [3.05, 3.63) is 12.7 Å². The molecule has 1 amide bonds. The van der Waals surface area contributed by atoms with E-state index in [2.05, 4.69) is 27.4 Å². The smallest absolute Gasteiger partial charge is 0.239 e. The van der Waals surface area contributed by atoms with E-state index < -0.39 is 6.04 Å². The summed E-state index contributed by atoms with van der Waals surface area (Å²) in [5.74, 6) is 0.666. The van der Waals surface area contributed by atoms with Gasteiger partial charge in [0.25, 0.3) is 0 Å². The van der Waals surface area contributed by atoms with E-state index in [-0.39, 0.29) is 11.3 Å². The third-order valence-corrected chi connectivity index (χ3v) is 3.46. The van der Waals surface area contributed by atoms with Crippen molar-refractivity contribution in [3.63, 3.8) is 0 Å². The molecule has 3 heteroatoms. The largest absolute Gasteiger partial charge is 0.341 e. The average Bonchev–Trinajstić information content (AvgIpc) is 2.65. The molecule has 1 aliphatic heterocycles. The lowest BCUT2D eigenvalue weighted by molar-refractivity contribution is -0.131. The fraction of sp³-hybridized carbons (Fsp3) is 0.769. The Labute approximate surface area is 98.7 Å². The van der Waals surface area contributed by atoms with Crippen molar-refractivity contribution < 1.29 is 4.79 Å². The van der Waals surface area contributed by atoms with Gasteiger partial charge in [-0.15, -0.1) is 6.58 Å². The van der Waals surface area contributed by atoms with Gasteiger partial charge >= 0.3 is 0 Å². The number of carbonyl (C=O) groups is 1. The second kappa shape index (κ2) is 5.00. The van der Waals surface area contributed by atoms with Crippen LogP contribution in [0.2, 0.25) is 0 Å². The minimum Gasteiger partial charge on any atom is -0.341 e. The Kier molecular flexibility index (Phi) is 4.14. The number of amides is 1. The normalized spacial score (nSPS) is 23.2. The highest BCUT2D eigenvalue weighted by atomic mass is 16.2. The molecule has 0 aromatic rings. The quantitative estimate of drug-likeness (QED) is 0.743. The fourth-order valence-corrected chi connectivity index (χ4v) is 2.18. The molecule has 1 rings (SSSR count). The van der Waals surface area contributed by atoms with E-state index in [0.29, 0.717) is 12.3 Å². The van der Waals surface area contributed by atoms with E-state index in [1.165, 1.54) is 0 Å². The van der Waals surface area contributed by atoms with Crippen molar-refractivity contribution in [3.8, 4) is 0 Å². The van der Waals surface area contributed by atoms with Crippen LogP contribution in [0.4, 0.5) is 0 Å². The second-order valence-electron chi connectivity index (χ2n) is 5.77. The summed E-state index contributed by atoms with van der Waals surface area (Å²) in [7, 11) is 0. The molecule has 0 aliphatic carbocycles. The van der Waals surface area contributed by atoms with Crippen molar-refractivity contribution in [2.24, 2.45) is 17.1 Å². The van der Waals surface area contributed by atoms with Crippen LogP contribution in [0, 0.1) is 11.3 Å². The molecule has 3 nitrogen and oxygen atoms in total. The van der Waals surface area contributed by atoms with E-state index in [0.717, 1.165) is 19.5 Å². The number of hydrogen-bond acceptors (Lipinski definition) is 2. The summed E-state index contributed by atoms with van der Waals surface area (Å²) >= 11 is 0. The maximum atomic E-state index is 12.0. The van der Waals surface area contributed by atoms with Gasteiger partial charge in [0.2, 0.25) is 5.91 Å². The summed E-state index contributed by atoms with van der Waals surface area (Å²) in [6.45, 7) is 12.0. The first kappa shape index (κ1) is 13.2. The van der Waals surface area contributed by atoms with Crippen LogP contribution in [0.5, 0.6) is 0 Å². The summed E-state index contributed by atoms with van der Waals surface area (Å²) in [5.41, 5.74) is 6.07. The Morgan fingerprint density at radius 2 is 2.25 bits per heavy atom. The van der Waals surface area contributed by atoms with Gasteiger partial charge in [-0.2, -0.15) is 0 Å². The molecule has 2 atom stereocenters. The van der Waals surface area contributed by atoms with E-state index in [1.807, 2.05) is 4.90 Å². The highest BCUT2D eigenvalue weighted by Gasteiger charge is 2.34. The van der Waals surface area contributed by atoms with Crippen LogP contribution in [0.1, 0.15) is 33.6 Å². The lowest BCUT2D eigenvalue weighted by Gasteiger charge is -2.27. The van der Waals surface area contributed by atoms with Crippen LogP contribution in [0.25, 0.3) is 0 Å². The zero-order chi connectivity index (χ0) is 12.3. The lowest BCUT2D eigenvalue weighted by Crippen LogP contribution is -2.42.